The maximum Gasteiger partial charge on any atom is 0.322 e. The van der Waals surface area contributed by atoms with Gasteiger partial charge < -0.3 is 37.7 Å². The second-order valence-electron chi connectivity index (χ2n) is 8.51. The van der Waals surface area contributed by atoms with Gasteiger partial charge >= 0.3 is 11.9 Å². The van der Waals surface area contributed by atoms with Crippen LogP contribution in [0, 0.1) is 0 Å². The predicted molar refractivity (Wildman–Crippen MR) is 138 cm³/mol. The van der Waals surface area contributed by atoms with Gasteiger partial charge in [0.15, 0.2) is 0 Å². The molecule has 1 aromatic rings. The summed E-state index contributed by atoms with van der Waals surface area (Å²) in [6.07, 6.45) is 4.83. The van der Waals surface area contributed by atoms with Crippen LogP contribution in [0.25, 0.3) is 0 Å². The Balaban J connectivity index is 0.000000724. The summed E-state index contributed by atoms with van der Waals surface area (Å²) in [6.45, 7) is 4.85. The molecule has 0 spiro atoms. The van der Waals surface area contributed by atoms with Crippen LogP contribution in [0.1, 0.15) is 64.9 Å². The molecule has 1 aromatic carbocycles. The van der Waals surface area contributed by atoms with Crippen molar-refractivity contribution in [3.05, 3.63) is 29.8 Å². The molecule has 0 radical (unpaired) electrons. The van der Waals surface area contributed by atoms with E-state index in [0.29, 0.717) is 25.0 Å². The number of rotatable bonds is 15. The molecule has 0 bridgehead atoms. The molecule has 3 atom stereocenters. The Kier molecular flexibility index (Phi) is 16.9. The molecule has 3 amide bonds. The average molecular weight is 524 g/mol. The number of hydrogen-bond donors (Lipinski definition) is 6. The van der Waals surface area contributed by atoms with Crippen LogP contribution in [0.4, 0.5) is 0 Å². The number of carboxylic acids is 1. The van der Waals surface area contributed by atoms with Crippen LogP contribution in [0.2, 0.25) is 0 Å². The highest BCUT2D eigenvalue weighted by atomic mass is 16.5. The maximum absolute atomic E-state index is 11.9. The van der Waals surface area contributed by atoms with E-state index >= 15 is 0 Å². The molecular weight excluding hydrogens is 482 g/mol. The van der Waals surface area contributed by atoms with Crippen LogP contribution in [-0.2, 0) is 30.4 Å². The van der Waals surface area contributed by atoms with Gasteiger partial charge in [-0.3, -0.25) is 24.0 Å². The third kappa shape index (κ3) is 16.0. The van der Waals surface area contributed by atoms with Gasteiger partial charge in [-0.2, -0.15) is 0 Å². The molecule has 0 heterocycles. The fraction of sp³-hybridized carbons (Fsp3) is 0.560. The predicted octanol–water partition coefficient (Wildman–Crippen LogP) is 0.347. The zero-order valence-electron chi connectivity index (χ0n) is 21.8. The van der Waals surface area contributed by atoms with Gasteiger partial charge in [0.05, 0.1) is 12.1 Å². The fourth-order valence-electron chi connectivity index (χ4n) is 3.01. The summed E-state index contributed by atoms with van der Waals surface area (Å²) in [6, 6.07) is 4.70. The highest BCUT2D eigenvalue weighted by Gasteiger charge is 2.23. The maximum atomic E-state index is 11.9. The minimum Gasteiger partial charge on any atom is -0.480 e. The summed E-state index contributed by atoms with van der Waals surface area (Å²) in [5, 5.41) is 13.5. The summed E-state index contributed by atoms with van der Waals surface area (Å²) < 4.78 is 4.86. The van der Waals surface area contributed by atoms with Crippen molar-refractivity contribution in [2.75, 3.05) is 6.54 Å². The first-order valence-corrected chi connectivity index (χ1v) is 12.3. The number of carbonyl (C=O) groups excluding carboxylic acids is 4. The van der Waals surface area contributed by atoms with Crippen LogP contribution >= 0.6 is 0 Å². The van der Waals surface area contributed by atoms with Crippen LogP contribution in [0.5, 0.6) is 5.75 Å². The standard InChI is InChI=1S/C14H27N3O4.C11H14N2O3/c1-3-5-7-10(15)13(20)17-11(8-6-4-2)14(21)16-9-12(18)19;1-7(14)16-9-4-2-8(3-5-9)6-10(12)11(13)15/h10-11H,3-9,15H2,1-2H3,(H,16,21)(H,17,20)(H,18,19);2-5,10H,6,12H2,1H3,(H2,13,15)/t10-,11-;10-/m00/s1. The zero-order valence-corrected chi connectivity index (χ0v) is 21.8. The number of unbranched alkanes of at least 4 members (excludes halogenated alkanes) is 2. The fourth-order valence-corrected chi connectivity index (χ4v) is 3.01. The summed E-state index contributed by atoms with van der Waals surface area (Å²) >= 11 is 0. The number of aliphatic carboxylic acids is 1. The molecule has 0 saturated carbocycles. The van der Waals surface area contributed by atoms with E-state index in [0.717, 1.165) is 31.2 Å². The lowest BCUT2D eigenvalue weighted by Gasteiger charge is -2.20. The number of nitrogens with two attached hydrogens (primary N) is 3. The molecule has 0 unspecified atom stereocenters. The number of nitrogens with one attached hydrogen (secondary N) is 2. The van der Waals surface area contributed by atoms with E-state index in [4.69, 9.17) is 27.0 Å². The van der Waals surface area contributed by atoms with Gasteiger partial charge in [0, 0.05) is 6.92 Å². The molecule has 0 aliphatic rings. The van der Waals surface area contributed by atoms with Crippen molar-refractivity contribution < 1.29 is 33.8 Å². The van der Waals surface area contributed by atoms with Crippen LogP contribution in [0.3, 0.4) is 0 Å². The first-order valence-electron chi connectivity index (χ1n) is 12.3. The van der Waals surface area contributed by atoms with Gasteiger partial charge in [-0.15, -0.1) is 0 Å². The van der Waals surface area contributed by atoms with Crippen LogP contribution < -0.4 is 32.6 Å². The van der Waals surface area contributed by atoms with Gasteiger partial charge in [0.1, 0.15) is 18.3 Å². The van der Waals surface area contributed by atoms with E-state index in [1.165, 1.54) is 6.92 Å². The second kappa shape index (κ2) is 18.7. The van der Waals surface area contributed by atoms with Gasteiger partial charge in [0.25, 0.3) is 0 Å². The van der Waals surface area contributed by atoms with E-state index in [1.54, 1.807) is 24.3 Å². The number of carbonyl (C=O) groups is 5. The van der Waals surface area contributed by atoms with E-state index in [-0.39, 0.29) is 11.9 Å². The topological polar surface area (TPSA) is 217 Å². The summed E-state index contributed by atoms with van der Waals surface area (Å²) in [5.41, 5.74) is 17.2. The van der Waals surface area contributed by atoms with Crippen molar-refractivity contribution in [1.82, 2.24) is 10.6 Å². The molecule has 0 fully saturated rings. The Labute approximate surface area is 217 Å². The van der Waals surface area contributed by atoms with E-state index < -0.39 is 42.5 Å². The van der Waals surface area contributed by atoms with E-state index in [1.807, 2.05) is 13.8 Å². The molecule has 208 valence electrons. The van der Waals surface area contributed by atoms with Gasteiger partial charge in [-0.05, 0) is 37.0 Å². The van der Waals surface area contributed by atoms with Crippen molar-refractivity contribution in [1.29, 1.82) is 0 Å². The van der Waals surface area contributed by atoms with E-state index in [2.05, 4.69) is 10.6 Å². The number of hydrogen-bond acceptors (Lipinski definition) is 8. The van der Waals surface area contributed by atoms with Crippen molar-refractivity contribution in [3.63, 3.8) is 0 Å². The summed E-state index contributed by atoms with van der Waals surface area (Å²) in [5.74, 6) is -2.42. The molecule has 1 rings (SSSR count). The van der Waals surface area contributed by atoms with E-state index in [9.17, 15) is 24.0 Å². The van der Waals surface area contributed by atoms with Crippen molar-refractivity contribution in [3.8, 4) is 5.75 Å². The lowest BCUT2D eigenvalue weighted by molar-refractivity contribution is -0.138. The Hall–Kier alpha value is -3.51. The number of esters is 1. The Bertz CT molecular complexity index is 877. The average Bonchev–Trinajstić information content (AvgIpc) is 2.84. The third-order valence-corrected chi connectivity index (χ3v) is 5.10. The molecule has 0 aliphatic heterocycles. The van der Waals surface area contributed by atoms with Gasteiger partial charge in [-0.1, -0.05) is 51.7 Å². The first-order chi connectivity index (χ1) is 17.4. The number of amides is 3. The smallest absolute Gasteiger partial charge is 0.322 e. The van der Waals surface area contributed by atoms with Crippen molar-refractivity contribution in [2.45, 2.75) is 83.8 Å². The normalized spacial score (nSPS) is 12.7. The number of benzene rings is 1. The largest absolute Gasteiger partial charge is 0.480 e. The minimum absolute atomic E-state index is 0.366. The highest BCUT2D eigenvalue weighted by Crippen LogP contribution is 2.13. The minimum atomic E-state index is -1.12. The van der Waals surface area contributed by atoms with Gasteiger partial charge in [-0.25, -0.2) is 0 Å². The Morgan fingerprint density at radius 1 is 0.919 bits per heavy atom. The van der Waals surface area contributed by atoms with Crippen LogP contribution in [0.15, 0.2) is 24.3 Å². The lowest BCUT2D eigenvalue weighted by Crippen LogP contribution is -2.52. The Morgan fingerprint density at radius 3 is 1.97 bits per heavy atom. The monoisotopic (exact) mass is 523 g/mol. The van der Waals surface area contributed by atoms with Crippen molar-refractivity contribution in [2.24, 2.45) is 17.2 Å². The number of carboxylic acid groups (broad SMARTS) is 1. The molecule has 37 heavy (non-hydrogen) atoms. The highest BCUT2D eigenvalue weighted by molar-refractivity contribution is 5.90. The van der Waals surface area contributed by atoms with Crippen molar-refractivity contribution >= 4 is 29.7 Å². The molecule has 12 nitrogen and oxygen atoms in total. The van der Waals surface area contributed by atoms with Crippen LogP contribution in [-0.4, -0.2) is 59.4 Å². The third-order valence-electron chi connectivity index (χ3n) is 5.10. The molecule has 0 aromatic heterocycles. The molecule has 12 heteroatoms. The SMILES string of the molecule is CC(=O)Oc1ccc(C[C@H](N)C(N)=O)cc1.CCCC[C@H](NC(=O)[C@@H](N)CCCC)C(=O)NCC(=O)O. The second-order valence-corrected chi connectivity index (χ2v) is 8.51. The number of ether oxygens (including phenoxy) is 1. The zero-order chi connectivity index (χ0) is 28.4. The number of primary amides is 1. The quantitative estimate of drug-likeness (QED) is 0.138. The lowest BCUT2D eigenvalue weighted by atomic mass is 10.1. The first kappa shape index (κ1) is 33.5. The molecule has 0 aliphatic carbocycles. The Morgan fingerprint density at radius 2 is 1.49 bits per heavy atom. The summed E-state index contributed by atoms with van der Waals surface area (Å²) in [7, 11) is 0. The molecule has 0 saturated heterocycles. The van der Waals surface area contributed by atoms with Gasteiger partial charge in [0.2, 0.25) is 17.7 Å². The molecule has 9 N–H and O–H groups in total. The molecular formula is C25H41N5O7. The summed E-state index contributed by atoms with van der Waals surface area (Å²) in [4.78, 5) is 55.7.